The van der Waals surface area contributed by atoms with Crippen molar-refractivity contribution in [2.45, 2.75) is 19.4 Å². The molecule has 7 heteroatoms. The Labute approximate surface area is 158 Å². The lowest BCUT2D eigenvalue weighted by Crippen LogP contribution is -2.28. The van der Waals surface area contributed by atoms with Crippen molar-refractivity contribution in [1.82, 2.24) is 4.90 Å². The van der Waals surface area contributed by atoms with Crippen LogP contribution in [-0.2, 0) is 16.1 Å². The topological polar surface area (TPSA) is 66.5 Å². The molecule has 1 aliphatic heterocycles. The molecule has 1 heterocycles. The molecule has 1 saturated heterocycles. The molecule has 0 radical (unpaired) electrons. The molecule has 5 nitrogen and oxygen atoms in total. The van der Waals surface area contributed by atoms with Crippen molar-refractivity contribution >= 4 is 50.9 Å². The number of likely N-dealkylation sites (tertiary alicyclic amines) is 1. The predicted molar refractivity (Wildman–Crippen MR) is 98.3 cm³/mol. The number of benzene rings is 2. The van der Waals surface area contributed by atoms with E-state index in [4.69, 9.17) is 11.6 Å². The quantitative estimate of drug-likeness (QED) is 0.759. The molecule has 1 fully saturated rings. The highest BCUT2D eigenvalue weighted by Crippen LogP contribution is 2.26. The third-order valence-corrected chi connectivity index (χ3v) is 4.70. The molecule has 1 aliphatic rings. The van der Waals surface area contributed by atoms with Gasteiger partial charge in [-0.1, -0.05) is 39.7 Å². The summed E-state index contributed by atoms with van der Waals surface area (Å²) in [6, 6.07) is 12.0. The molecule has 2 aromatic rings. The largest absolute Gasteiger partial charge is 0.321 e. The normalized spacial score (nSPS) is 14.1. The number of rotatable bonds is 4. The van der Waals surface area contributed by atoms with Crippen LogP contribution in [-0.4, -0.2) is 22.6 Å². The molecule has 1 N–H and O–H groups in total. The Morgan fingerprint density at radius 2 is 1.72 bits per heavy atom. The third-order valence-electron chi connectivity index (χ3n) is 3.89. The summed E-state index contributed by atoms with van der Waals surface area (Å²) in [6.45, 7) is 0.234. The van der Waals surface area contributed by atoms with Crippen LogP contribution in [0.2, 0.25) is 5.02 Å². The summed E-state index contributed by atoms with van der Waals surface area (Å²) in [6.07, 6.45) is 0.542. The van der Waals surface area contributed by atoms with Crippen LogP contribution in [0.25, 0.3) is 0 Å². The number of nitrogens with one attached hydrogen (secondary N) is 1. The van der Waals surface area contributed by atoms with Crippen molar-refractivity contribution in [2.75, 3.05) is 5.32 Å². The number of hydrogen-bond acceptors (Lipinski definition) is 3. The number of hydrogen-bond donors (Lipinski definition) is 1. The van der Waals surface area contributed by atoms with Crippen molar-refractivity contribution in [3.63, 3.8) is 0 Å². The number of amides is 3. The van der Waals surface area contributed by atoms with E-state index in [9.17, 15) is 14.4 Å². The van der Waals surface area contributed by atoms with Gasteiger partial charge in [0.1, 0.15) is 0 Å². The third kappa shape index (κ3) is 4.08. The monoisotopic (exact) mass is 420 g/mol. The van der Waals surface area contributed by atoms with E-state index in [1.807, 2.05) is 0 Å². The summed E-state index contributed by atoms with van der Waals surface area (Å²) < 4.78 is 0.825. The van der Waals surface area contributed by atoms with E-state index in [0.29, 0.717) is 16.3 Å². The first-order chi connectivity index (χ1) is 11.9. The first kappa shape index (κ1) is 17.6. The molecule has 128 valence electrons. The molecule has 0 atom stereocenters. The Bertz CT molecular complexity index is 836. The standard InChI is InChI=1S/C18H14BrClN2O3/c19-13-5-6-15(14(20)9-13)21-18(25)12-3-1-11(2-4-12)10-22-16(23)7-8-17(22)24/h1-6,9H,7-8,10H2,(H,21,25). The van der Waals surface area contributed by atoms with Crippen LogP contribution in [0, 0.1) is 0 Å². The first-order valence-corrected chi connectivity index (χ1v) is 8.79. The maximum absolute atomic E-state index is 12.3. The Balaban J connectivity index is 1.68. The lowest BCUT2D eigenvalue weighted by Gasteiger charge is -2.14. The highest BCUT2D eigenvalue weighted by atomic mass is 79.9. The summed E-state index contributed by atoms with van der Waals surface area (Å²) in [4.78, 5) is 36.9. The molecule has 0 unspecified atom stereocenters. The number of nitrogens with zero attached hydrogens (tertiary/aromatic N) is 1. The zero-order valence-electron chi connectivity index (χ0n) is 13.1. The van der Waals surface area contributed by atoms with E-state index < -0.39 is 0 Å². The van der Waals surface area contributed by atoms with Gasteiger partial charge >= 0.3 is 0 Å². The zero-order valence-corrected chi connectivity index (χ0v) is 15.4. The van der Waals surface area contributed by atoms with Crippen molar-refractivity contribution in [3.05, 3.63) is 63.1 Å². The zero-order chi connectivity index (χ0) is 18.0. The highest BCUT2D eigenvalue weighted by molar-refractivity contribution is 9.10. The van der Waals surface area contributed by atoms with Gasteiger partial charge in [-0.25, -0.2) is 0 Å². The summed E-state index contributed by atoms with van der Waals surface area (Å²) in [5, 5.41) is 3.19. The SMILES string of the molecule is O=C(Nc1ccc(Br)cc1Cl)c1ccc(CN2C(=O)CCC2=O)cc1. The maximum Gasteiger partial charge on any atom is 0.255 e. The van der Waals surface area contributed by atoms with Gasteiger partial charge in [0.05, 0.1) is 17.3 Å². The van der Waals surface area contributed by atoms with E-state index in [-0.39, 0.29) is 37.1 Å². The van der Waals surface area contributed by atoms with Gasteiger partial charge in [-0.15, -0.1) is 0 Å². The minimum atomic E-state index is -0.288. The molecule has 0 aliphatic carbocycles. The van der Waals surface area contributed by atoms with E-state index in [2.05, 4.69) is 21.2 Å². The lowest BCUT2D eigenvalue weighted by atomic mass is 10.1. The molecule has 0 aromatic heterocycles. The molecule has 0 spiro atoms. The van der Waals surface area contributed by atoms with Crippen LogP contribution in [0.1, 0.15) is 28.8 Å². The van der Waals surface area contributed by atoms with Crippen LogP contribution >= 0.6 is 27.5 Å². The number of anilines is 1. The summed E-state index contributed by atoms with van der Waals surface area (Å²) in [7, 11) is 0. The molecule has 0 saturated carbocycles. The van der Waals surface area contributed by atoms with Gasteiger partial charge in [0.2, 0.25) is 11.8 Å². The fraction of sp³-hybridized carbons (Fsp3) is 0.167. The van der Waals surface area contributed by atoms with Crippen LogP contribution < -0.4 is 5.32 Å². The second kappa shape index (κ2) is 7.37. The van der Waals surface area contributed by atoms with Gasteiger partial charge in [0.15, 0.2) is 0 Å². The second-order valence-electron chi connectivity index (χ2n) is 5.65. The van der Waals surface area contributed by atoms with Gasteiger partial charge in [-0.3, -0.25) is 19.3 Å². The van der Waals surface area contributed by atoms with E-state index >= 15 is 0 Å². The second-order valence-corrected chi connectivity index (χ2v) is 6.97. The minimum Gasteiger partial charge on any atom is -0.321 e. The minimum absolute atomic E-state index is 0.156. The number of imide groups is 1. The molecule has 3 rings (SSSR count). The fourth-order valence-electron chi connectivity index (χ4n) is 2.53. The van der Waals surface area contributed by atoms with Crippen molar-refractivity contribution < 1.29 is 14.4 Å². The smallest absolute Gasteiger partial charge is 0.255 e. The van der Waals surface area contributed by atoms with Crippen molar-refractivity contribution in [3.8, 4) is 0 Å². The van der Waals surface area contributed by atoms with Crippen molar-refractivity contribution in [1.29, 1.82) is 0 Å². The van der Waals surface area contributed by atoms with Crippen LogP contribution in [0.4, 0.5) is 5.69 Å². The lowest BCUT2D eigenvalue weighted by molar-refractivity contribution is -0.139. The van der Waals surface area contributed by atoms with Crippen LogP contribution in [0.3, 0.4) is 0 Å². The summed E-state index contributed by atoms with van der Waals surface area (Å²) in [5.41, 5.74) is 1.77. The molecular weight excluding hydrogens is 408 g/mol. The first-order valence-electron chi connectivity index (χ1n) is 7.62. The molecule has 3 amide bonds. The Morgan fingerprint density at radius 1 is 1.08 bits per heavy atom. The predicted octanol–water partition coefficient (Wildman–Crippen LogP) is 4.00. The molecular formula is C18H14BrClN2O3. The van der Waals surface area contributed by atoms with Crippen LogP contribution in [0.15, 0.2) is 46.9 Å². The number of halogens is 2. The van der Waals surface area contributed by atoms with Crippen molar-refractivity contribution in [2.24, 2.45) is 0 Å². The Kier molecular flexibility index (Phi) is 5.20. The Hall–Kier alpha value is -2.18. The van der Waals surface area contributed by atoms with Gasteiger partial charge in [0, 0.05) is 22.9 Å². The fourth-order valence-corrected chi connectivity index (χ4v) is 3.25. The van der Waals surface area contributed by atoms with E-state index in [1.165, 1.54) is 4.90 Å². The maximum atomic E-state index is 12.3. The highest BCUT2D eigenvalue weighted by Gasteiger charge is 2.28. The summed E-state index contributed by atoms with van der Waals surface area (Å²) in [5.74, 6) is -0.600. The number of carbonyl (C=O) groups excluding carboxylic acids is 3. The summed E-state index contributed by atoms with van der Waals surface area (Å²) >= 11 is 9.41. The van der Waals surface area contributed by atoms with E-state index in [1.54, 1.807) is 42.5 Å². The molecule has 25 heavy (non-hydrogen) atoms. The average molecular weight is 422 g/mol. The molecule has 2 aromatic carbocycles. The average Bonchev–Trinajstić information content (AvgIpc) is 2.90. The molecule has 0 bridgehead atoms. The van der Waals surface area contributed by atoms with Gasteiger partial charge in [0.25, 0.3) is 5.91 Å². The van der Waals surface area contributed by atoms with Gasteiger partial charge in [-0.05, 0) is 35.9 Å². The van der Waals surface area contributed by atoms with Gasteiger partial charge < -0.3 is 5.32 Å². The van der Waals surface area contributed by atoms with Gasteiger partial charge in [-0.2, -0.15) is 0 Å². The van der Waals surface area contributed by atoms with Crippen LogP contribution in [0.5, 0.6) is 0 Å². The van der Waals surface area contributed by atoms with E-state index in [0.717, 1.165) is 10.0 Å². The number of carbonyl (C=O) groups is 3. The Morgan fingerprint density at radius 3 is 2.32 bits per heavy atom.